The predicted molar refractivity (Wildman–Crippen MR) is 66.1 cm³/mol. The number of halogens is 1. The number of rotatable bonds is 7. The van der Waals surface area contributed by atoms with Crippen molar-refractivity contribution in [2.24, 2.45) is 5.73 Å². The van der Waals surface area contributed by atoms with Gasteiger partial charge in [-0.3, -0.25) is 4.79 Å². The standard InChI is InChI=1S/C12H17FN2O3/c1-17-6-7-18-11-3-2-9(8-10(11)13)15-12(16)4-5-14/h2-3,8H,4-7,14H2,1H3,(H,15,16). The van der Waals surface area contributed by atoms with E-state index in [9.17, 15) is 9.18 Å². The highest BCUT2D eigenvalue weighted by Gasteiger charge is 2.06. The summed E-state index contributed by atoms with van der Waals surface area (Å²) in [6.07, 6.45) is 0.202. The summed E-state index contributed by atoms with van der Waals surface area (Å²) in [5.41, 5.74) is 5.62. The number of benzene rings is 1. The highest BCUT2D eigenvalue weighted by Crippen LogP contribution is 2.21. The molecule has 0 aliphatic rings. The third kappa shape index (κ3) is 4.68. The van der Waals surface area contributed by atoms with Gasteiger partial charge in [0.15, 0.2) is 11.6 Å². The Bertz CT molecular complexity index is 399. The first-order valence-electron chi connectivity index (χ1n) is 5.58. The molecule has 0 heterocycles. The topological polar surface area (TPSA) is 73.6 Å². The molecule has 0 unspecified atom stereocenters. The van der Waals surface area contributed by atoms with E-state index in [1.807, 2.05) is 0 Å². The maximum Gasteiger partial charge on any atom is 0.225 e. The third-order valence-corrected chi connectivity index (χ3v) is 2.13. The number of nitrogens with two attached hydrogens (primary N) is 1. The number of amides is 1. The normalized spacial score (nSPS) is 10.2. The minimum Gasteiger partial charge on any atom is -0.488 e. The molecule has 1 aromatic rings. The smallest absolute Gasteiger partial charge is 0.225 e. The highest BCUT2D eigenvalue weighted by molar-refractivity contribution is 5.90. The maximum absolute atomic E-state index is 13.6. The van der Waals surface area contributed by atoms with Gasteiger partial charge in [-0.1, -0.05) is 0 Å². The first-order valence-corrected chi connectivity index (χ1v) is 5.58. The first kappa shape index (κ1) is 14.4. The lowest BCUT2D eigenvalue weighted by molar-refractivity contribution is -0.116. The summed E-state index contributed by atoms with van der Waals surface area (Å²) in [4.78, 5) is 11.3. The molecule has 6 heteroatoms. The number of ether oxygens (including phenoxy) is 2. The van der Waals surface area contributed by atoms with Crippen molar-refractivity contribution in [3.63, 3.8) is 0 Å². The number of nitrogens with one attached hydrogen (secondary N) is 1. The molecule has 18 heavy (non-hydrogen) atoms. The van der Waals surface area contributed by atoms with E-state index in [0.717, 1.165) is 0 Å². The van der Waals surface area contributed by atoms with Gasteiger partial charge >= 0.3 is 0 Å². The minimum atomic E-state index is -0.531. The van der Waals surface area contributed by atoms with E-state index in [-0.39, 0.29) is 31.2 Å². The van der Waals surface area contributed by atoms with E-state index in [1.54, 1.807) is 6.07 Å². The second kappa shape index (κ2) is 7.62. The SMILES string of the molecule is COCCOc1ccc(NC(=O)CCN)cc1F. The lowest BCUT2D eigenvalue weighted by atomic mass is 10.2. The average Bonchev–Trinajstić information content (AvgIpc) is 2.32. The van der Waals surface area contributed by atoms with Crippen LogP contribution in [0.15, 0.2) is 18.2 Å². The lowest BCUT2D eigenvalue weighted by Crippen LogP contribution is -2.16. The van der Waals surface area contributed by atoms with E-state index in [4.69, 9.17) is 15.2 Å². The minimum absolute atomic E-state index is 0.129. The summed E-state index contributed by atoms with van der Waals surface area (Å²) >= 11 is 0. The highest BCUT2D eigenvalue weighted by atomic mass is 19.1. The Morgan fingerprint density at radius 2 is 2.22 bits per heavy atom. The monoisotopic (exact) mass is 256 g/mol. The molecule has 0 fully saturated rings. The Balaban J connectivity index is 2.58. The molecule has 1 aromatic carbocycles. The van der Waals surface area contributed by atoms with Crippen LogP contribution in [0.3, 0.4) is 0 Å². The van der Waals surface area contributed by atoms with Crippen molar-refractivity contribution < 1.29 is 18.7 Å². The summed E-state index contributed by atoms with van der Waals surface area (Å²) in [5.74, 6) is -0.648. The summed E-state index contributed by atoms with van der Waals surface area (Å²) in [6, 6.07) is 4.24. The molecule has 3 N–H and O–H groups in total. The van der Waals surface area contributed by atoms with Gasteiger partial charge in [0.25, 0.3) is 0 Å². The maximum atomic E-state index is 13.6. The molecule has 0 saturated carbocycles. The van der Waals surface area contributed by atoms with Gasteiger partial charge in [0, 0.05) is 31.8 Å². The number of carbonyl (C=O) groups is 1. The summed E-state index contributed by atoms with van der Waals surface area (Å²) in [5, 5.41) is 2.54. The van der Waals surface area contributed by atoms with Crippen LogP contribution in [0.2, 0.25) is 0 Å². The fourth-order valence-electron chi connectivity index (χ4n) is 1.29. The number of hydrogen-bond acceptors (Lipinski definition) is 4. The quantitative estimate of drug-likeness (QED) is 0.717. The molecule has 5 nitrogen and oxygen atoms in total. The molecule has 0 atom stereocenters. The number of methoxy groups -OCH3 is 1. The van der Waals surface area contributed by atoms with Crippen molar-refractivity contribution in [3.8, 4) is 5.75 Å². The molecule has 0 aliphatic heterocycles. The van der Waals surface area contributed by atoms with Crippen LogP contribution in [0.25, 0.3) is 0 Å². The molecule has 1 rings (SSSR count). The van der Waals surface area contributed by atoms with Crippen LogP contribution >= 0.6 is 0 Å². The Kier molecular flexibility index (Phi) is 6.10. The van der Waals surface area contributed by atoms with Crippen LogP contribution in [0.4, 0.5) is 10.1 Å². The number of carbonyl (C=O) groups excluding carboxylic acids is 1. The fraction of sp³-hybridized carbons (Fsp3) is 0.417. The number of anilines is 1. The molecule has 0 aromatic heterocycles. The zero-order chi connectivity index (χ0) is 13.4. The van der Waals surface area contributed by atoms with Crippen molar-refractivity contribution in [1.29, 1.82) is 0 Å². The van der Waals surface area contributed by atoms with E-state index < -0.39 is 5.82 Å². The van der Waals surface area contributed by atoms with Crippen molar-refractivity contribution in [2.45, 2.75) is 6.42 Å². The summed E-state index contributed by atoms with van der Waals surface area (Å²) in [7, 11) is 1.54. The Labute approximate surface area is 105 Å². The summed E-state index contributed by atoms with van der Waals surface area (Å²) in [6.45, 7) is 0.910. The first-order chi connectivity index (χ1) is 8.67. The van der Waals surface area contributed by atoms with Gasteiger partial charge in [-0.15, -0.1) is 0 Å². The number of hydrogen-bond donors (Lipinski definition) is 2. The second-order valence-electron chi connectivity index (χ2n) is 3.57. The molecular formula is C12H17FN2O3. The molecule has 0 saturated heterocycles. The Morgan fingerprint density at radius 1 is 1.44 bits per heavy atom. The van der Waals surface area contributed by atoms with Crippen LogP contribution < -0.4 is 15.8 Å². The van der Waals surface area contributed by atoms with Crippen LogP contribution in [-0.4, -0.2) is 32.8 Å². The van der Waals surface area contributed by atoms with Crippen molar-refractivity contribution in [2.75, 3.05) is 32.2 Å². The van der Waals surface area contributed by atoms with Crippen molar-refractivity contribution in [1.82, 2.24) is 0 Å². The fourth-order valence-corrected chi connectivity index (χ4v) is 1.29. The van der Waals surface area contributed by atoms with E-state index in [2.05, 4.69) is 5.32 Å². The van der Waals surface area contributed by atoms with Crippen LogP contribution in [0.5, 0.6) is 5.75 Å². The third-order valence-electron chi connectivity index (χ3n) is 2.13. The zero-order valence-electron chi connectivity index (χ0n) is 10.2. The van der Waals surface area contributed by atoms with E-state index in [0.29, 0.717) is 12.3 Å². The Morgan fingerprint density at radius 3 is 2.83 bits per heavy atom. The Hall–Kier alpha value is -1.66. The van der Waals surface area contributed by atoms with Gasteiger partial charge in [0.05, 0.1) is 6.61 Å². The molecule has 100 valence electrons. The van der Waals surface area contributed by atoms with Crippen molar-refractivity contribution in [3.05, 3.63) is 24.0 Å². The van der Waals surface area contributed by atoms with Gasteiger partial charge < -0.3 is 20.5 Å². The van der Waals surface area contributed by atoms with E-state index in [1.165, 1.54) is 19.2 Å². The predicted octanol–water partition coefficient (Wildman–Crippen LogP) is 1.14. The van der Waals surface area contributed by atoms with Gasteiger partial charge in [-0.2, -0.15) is 0 Å². The van der Waals surface area contributed by atoms with Gasteiger partial charge in [0.1, 0.15) is 6.61 Å². The molecule has 0 aliphatic carbocycles. The molecule has 0 spiro atoms. The average molecular weight is 256 g/mol. The zero-order valence-corrected chi connectivity index (χ0v) is 10.2. The second-order valence-corrected chi connectivity index (χ2v) is 3.57. The van der Waals surface area contributed by atoms with Crippen molar-refractivity contribution >= 4 is 11.6 Å². The lowest BCUT2D eigenvalue weighted by Gasteiger charge is -2.09. The van der Waals surface area contributed by atoms with E-state index >= 15 is 0 Å². The molecule has 1 amide bonds. The van der Waals surface area contributed by atoms with Crippen LogP contribution in [-0.2, 0) is 9.53 Å². The van der Waals surface area contributed by atoms with Gasteiger partial charge in [-0.25, -0.2) is 4.39 Å². The molecule has 0 radical (unpaired) electrons. The summed E-state index contributed by atoms with van der Waals surface area (Å²) < 4.78 is 23.5. The van der Waals surface area contributed by atoms with Crippen LogP contribution in [0.1, 0.15) is 6.42 Å². The van der Waals surface area contributed by atoms with Crippen LogP contribution in [0, 0.1) is 5.82 Å². The largest absolute Gasteiger partial charge is 0.488 e. The molecular weight excluding hydrogens is 239 g/mol. The molecule has 0 bridgehead atoms. The van der Waals surface area contributed by atoms with Gasteiger partial charge in [0.2, 0.25) is 5.91 Å². The van der Waals surface area contributed by atoms with Gasteiger partial charge in [-0.05, 0) is 12.1 Å².